The Labute approximate surface area is 121 Å². The fourth-order valence-corrected chi connectivity index (χ4v) is 2.83. The van der Waals surface area contributed by atoms with Gasteiger partial charge in [-0.3, -0.25) is 10.1 Å². The first-order valence-corrected chi connectivity index (χ1v) is 7.15. The summed E-state index contributed by atoms with van der Waals surface area (Å²) in [6.07, 6.45) is 3.92. The van der Waals surface area contributed by atoms with E-state index in [-0.39, 0.29) is 12.8 Å². The number of rotatable bonds is 6. The number of carboxylic acids is 1. The molecule has 0 aromatic rings. The first kappa shape index (κ1) is 16.1. The lowest BCUT2D eigenvalue weighted by molar-refractivity contribution is -0.192. The molecule has 2 aliphatic rings. The summed E-state index contributed by atoms with van der Waals surface area (Å²) in [5.41, 5.74) is -2.38. The van der Waals surface area contributed by atoms with Crippen LogP contribution in [0.2, 0.25) is 0 Å². The van der Waals surface area contributed by atoms with Crippen LogP contribution in [0.3, 0.4) is 0 Å². The zero-order valence-electron chi connectivity index (χ0n) is 11.9. The lowest BCUT2D eigenvalue weighted by Gasteiger charge is -2.36. The Balaban J connectivity index is 2.12. The highest BCUT2D eigenvalue weighted by atomic mass is 19.4. The Morgan fingerprint density at radius 2 is 2.05 bits per heavy atom. The number of allylic oxidation sites excluding steroid dienone is 2. The zero-order chi connectivity index (χ0) is 15.7. The van der Waals surface area contributed by atoms with Crippen molar-refractivity contribution in [3.8, 4) is 0 Å². The third-order valence-electron chi connectivity index (χ3n) is 4.58. The van der Waals surface area contributed by atoms with Gasteiger partial charge in [-0.15, -0.1) is 0 Å². The molecule has 0 heterocycles. The number of halogens is 3. The van der Waals surface area contributed by atoms with Gasteiger partial charge in [0.2, 0.25) is 0 Å². The minimum atomic E-state index is -4.33. The van der Waals surface area contributed by atoms with Crippen LogP contribution < -0.4 is 5.32 Å². The van der Waals surface area contributed by atoms with E-state index in [4.69, 9.17) is 0 Å². The van der Waals surface area contributed by atoms with Gasteiger partial charge in [0.1, 0.15) is 6.04 Å². The number of carboxylic acid groups (broad SMARTS) is 1. The van der Waals surface area contributed by atoms with Crippen LogP contribution in [-0.4, -0.2) is 28.8 Å². The summed E-state index contributed by atoms with van der Waals surface area (Å²) in [6, 6.07) is -1.19. The molecule has 2 N–H and O–H groups in total. The van der Waals surface area contributed by atoms with Crippen LogP contribution in [0.5, 0.6) is 0 Å². The number of hydrogen-bond donors (Lipinski definition) is 2. The molecule has 0 saturated heterocycles. The first-order valence-electron chi connectivity index (χ1n) is 7.15. The second-order valence-corrected chi connectivity index (χ2v) is 6.02. The van der Waals surface area contributed by atoms with E-state index in [1.54, 1.807) is 6.08 Å². The molecule has 2 aliphatic carbocycles. The van der Waals surface area contributed by atoms with Crippen LogP contribution in [0.1, 0.15) is 39.0 Å². The van der Waals surface area contributed by atoms with Crippen molar-refractivity contribution in [2.24, 2.45) is 5.41 Å². The maximum atomic E-state index is 13.0. The summed E-state index contributed by atoms with van der Waals surface area (Å²) in [5.74, 6) is -1.22. The molecule has 0 aromatic carbocycles. The quantitative estimate of drug-likeness (QED) is 0.790. The van der Waals surface area contributed by atoms with E-state index in [1.165, 1.54) is 0 Å². The summed E-state index contributed by atoms with van der Waals surface area (Å²) >= 11 is 0. The Bertz CT molecular complexity index is 466. The molecule has 2 atom stereocenters. The third-order valence-corrected chi connectivity index (χ3v) is 4.58. The van der Waals surface area contributed by atoms with E-state index in [9.17, 15) is 23.1 Å². The molecule has 0 spiro atoms. The molecule has 0 bridgehead atoms. The number of aliphatic carboxylic acids is 1. The molecule has 21 heavy (non-hydrogen) atoms. The van der Waals surface area contributed by atoms with Gasteiger partial charge >= 0.3 is 12.1 Å². The average molecular weight is 303 g/mol. The summed E-state index contributed by atoms with van der Waals surface area (Å²) in [5, 5.41) is 12.2. The van der Waals surface area contributed by atoms with E-state index in [0.29, 0.717) is 12.8 Å². The van der Waals surface area contributed by atoms with Crippen molar-refractivity contribution in [3.63, 3.8) is 0 Å². The van der Waals surface area contributed by atoms with Crippen LogP contribution in [0.25, 0.3) is 0 Å². The predicted molar refractivity (Wildman–Crippen MR) is 72.8 cm³/mol. The Hall–Kier alpha value is -1.30. The van der Waals surface area contributed by atoms with E-state index < -0.39 is 35.6 Å². The highest BCUT2D eigenvalue weighted by molar-refractivity contribution is 5.74. The zero-order valence-corrected chi connectivity index (χ0v) is 11.9. The van der Waals surface area contributed by atoms with Crippen molar-refractivity contribution in [1.82, 2.24) is 5.32 Å². The van der Waals surface area contributed by atoms with Crippen LogP contribution in [0, 0.1) is 5.41 Å². The number of hydrogen-bond acceptors (Lipinski definition) is 2. The van der Waals surface area contributed by atoms with Crippen LogP contribution >= 0.6 is 0 Å². The normalized spacial score (nSPS) is 28.4. The third kappa shape index (κ3) is 3.31. The van der Waals surface area contributed by atoms with Gasteiger partial charge in [0.05, 0.1) is 5.41 Å². The fourth-order valence-electron chi connectivity index (χ4n) is 2.83. The monoisotopic (exact) mass is 303 g/mol. The Morgan fingerprint density at radius 3 is 2.43 bits per heavy atom. The number of carbonyl (C=O) groups is 1. The van der Waals surface area contributed by atoms with Crippen molar-refractivity contribution in [3.05, 3.63) is 24.3 Å². The van der Waals surface area contributed by atoms with Gasteiger partial charge in [-0.2, -0.15) is 13.2 Å². The van der Waals surface area contributed by atoms with Gasteiger partial charge in [-0.05, 0) is 32.1 Å². The maximum Gasteiger partial charge on any atom is 0.394 e. The largest absolute Gasteiger partial charge is 0.480 e. The number of alkyl halides is 3. The van der Waals surface area contributed by atoms with Crippen LogP contribution in [0.4, 0.5) is 13.2 Å². The molecule has 1 saturated carbocycles. The summed E-state index contributed by atoms with van der Waals surface area (Å²) < 4.78 is 39.1. The van der Waals surface area contributed by atoms with Gasteiger partial charge in [0.25, 0.3) is 0 Å². The van der Waals surface area contributed by atoms with Crippen molar-refractivity contribution in [1.29, 1.82) is 0 Å². The molecule has 0 amide bonds. The molecule has 0 aromatic heterocycles. The highest BCUT2D eigenvalue weighted by Gasteiger charge is 2.64. The SMILES string of the molecule is CC[C@]1(NC(CC2(C(F)(F)F)CC2)C(=O)O)C=CC=CC1. The standard InChI is InChI=1S/C15H20F3NO2/c1-2-14(6-4-3-5-7-14)19-11(12(20)21)10-13(8-9-13)15(16,17)18/h3-6,11,19H,2,7-10H2,1H3,(H,20,21)/t11?,14-/m0/s1. The predicted octanol–water partition coefficient (Wildman–Crippen LogP) is 3.43. The van der Waals surface area contributed by atoms with Gasteiger partial charge in [-0.1, -0.05) is 31.2 Å². The van der Waals surface area contributed by atoms with Gasteiger partial charge in [0, 0.05) is 5.54 Å². The minimum Gasteiger partial charge on any atom is -0.480 e. The molecule has 0 aliphatic heterocycles. The van der Waals surface area contributed by atoms with E-state index >= 15 is 0 Å². The van der Waals surface area contributed by atoms with E-state index in [1.807, 2.05) is 25.2 Å². The Morgan fingerprint density at radius 1 is 1.38 bits per heavy atom. The molecule has 1 fully saturated rings. The molecule has 0 radical (unpaired) electrons. The lowest BCUT2D eigenvalue weighted by atomic mass is 9.86. The van der Waals surface area contributed by atoms with Gasteiger partial charge in [-0.25, -0.2) is 0 Å². The maximum absolute atomic E-state index is 13.0. The second-order valence-electron chi connectivity index (χ2n) is 6.02. The van der Waals surface area contributed by atoms with E-state index in [2.05, 4.69) is 5.32 Å². The molecule has 2 rings (SSSR count). The smallest absolute Gasteiger partial charge is 0.394 e. The topological polar surface area (TPSA) is 49.3 Å². The highest BCUT2D eigenvalue weighted by Crippen LogP contribution is 2.60. The number of nitrogens with one attached hydrogen (secondary N) is 1. The molecule has 1 unspecified atom stereocenters. The van der Waals surface area contributed by atoms with Crippen molar-refractivity contribution >= 4 is 5.97 Å². The molecular weight excluding hydrogens is 283 g/mol. The van der Waals surface area contributed by atoms with Crippen molar-refractivity contribution < 1.29 is 23.1 Å². The fraction of sp³-hybridized carbons (Fsp3) is 0.667. The Kier molecular flexibility index (Phi) is 4.19. The summed E-state index contributed by atoms with van der Waals surface area (Å²) in [4.78, 5) is 11.4. The first-order chi connectivity index (χ1) is 9.74. The van der Waals surface area contributed by atoms with Crippen molar-refractivity contribution in [2.75, 3.05) is 0 Å². The molecule has 118 valence electrons. The van der Waals surface area contributed by atoms with Gasteiger partial charge in [0.15, 0.2) is 0 Å². The van der Waals surface area contributed by atoms with Gasteiger partial charge < -0.3 is 5.11 Å². The van der Waals surface area contributed by atoms with Crippen LogP contribution in [-0.2, 0) is 4.79 Å². The molecular formula is C15H20F3NO2. The van der Waals surface area contributed by atoms with Crippen LogP contribution in [0.15, 0.2) is 24.3 Å². The molecule has 3 nitrogen and oxygen atoms in total. The minimum absolute atomic E-state index is 0.0246. The summed E-state index contributed by atoms with van der Waals surface area (Å²) in [7, 11) is 0. The second kappa shape index (κ2) is 5.48. The summed E-state index contributed by atoms with van der Waals surface area (Å²) in [6.45, 7) is 1.89. The average Bonchev–Trinajstić information content (AvgIpc) is 3.19. The van der Waals surface area contributed by atoms with Crippen molar-refractivity contribution in [2.45, 2.75) is 56.8 Å². The van der Waals surface area contributed by atoms with E-state index in [0.717, 1.165) is 0 Å². The molecule has 6 heteroatoms. The lowest BCUT2D eigenvalue weighted by Crippen LogP contribution is -2.53.